The molecule has 0 amide bonds. The molecule has 8 heteroatoms. The number of nitrogens with zero attached hydrogens (tertiary/aromatic N) is 5. The van der Waals surface area contributed by atoms with Crippen LogP contribution in [0.1, 0.15) is 36.9 Å². The van der Waals surface area contributed by atoms with Crippen LogP contribution in [0, 0.1) is 15.9 Å². The van der Waals surface area contributed by atoms with Crippen molar-refractivity contribution < 1.29 is 9.15 Å². The van der Waals surface area contributed by atoms with Crippen LogP contribution >= 0.6 is 22.6 Å². The lowest BCUT2D eigenvalue weighted by Gasteiger charge is -2.34. The second-order valence-corrected chi connectivity index (χ2v) is 11.2. The van der Waals surface area contributed by atoms with Crippen LogP contribution in [-0.2, 0) is 11.3 Å². The highest BCUT2D eigenvalue weighted by Crippen LogP contribution is 2.54. The lowest BCUT2D eigenvalue weighted by atomic mass is 9.93. The summed E-state index contributed by atoms with van der Waals surface area (Å²) in [5, 5.41) is 8.85. The maximum Gasteiger partial charge on any atom is 0.266 e. The third-order valence-corrected chi connectivity index (χ3v) is 8.14. The number of hydrogen-bond acceptors (Lipinski definition) is 7. The number of rotatable bonds is 5. The van der Waals surface area contributed by atoms with Crippen LogP contribution in [0.25, 0.3) is 23.0 Å². The molecule has 2 aliphatic heterocycles. The van der Waals surface area contributed by atoms with Crippen LogP contribution in [-0.4, -0.2) is 59.5 Å². The van der Waals surface area contributed by atoms with E-state index in [9.17, 15) is 0 Å². The zero-order valence-corrected chi connectivity index (χ0v) is 21.8. The highest BCUT2D eigenvalue weighted by atomic mass is 127. The molecule has 1 spiro atoms. The predicted molar refractivity (Wildman–Crippen MR) is 140 cm³/mol. The molecule has 0 unspecified atom stereocenters. The highest BCUT2D eigenvalue weighted by Gasteiger charge is 2.44. The van der Waals surface area contributed by atoms with Crippen LogP contribution in [0.3, 0.4) is 0 Å². The number of aromatic nitrogens is 3. The Bertz CT molecular complexity index is 1180. The summed E-state index contributed by atoms with van der Waals surface area (Å²) in [6, 6.07) is 10.6. The molecule has 1 saturated carbocycles. The van der Waals surface area contributed by atoms with E-state index in [1.807, 2.05) is 6.07 Å². The average Bonchev–Trinajstić information content (AvgIpc) is 3.40. The Hall–Kier alpha value is -2.04. The molecule has 0 atom stereocenters. The van der Waals surface area contributed by atoms with Gasteiger partial charge in [0, 0.05) is 36.3 Å². The number of anilines is 1. The minimum absolute atomic E-state index is 0.474. The second-order valence-electron chi connectivity index (χ2n) is 9.97. The van der Waals surface area contributed by atoms with Crippen molar-refractivity contribution in [3.05, 3.63) is 45.2 Å². The Kier molecular flexibility index (Phi) is 6.07. The van der Waals surface area contributed by atoms with Crippen LogP contribution in [0.2, 0.25) is 0 Å². The lowest BCUT2D eigenvalue weighted by Crippen LogP contribution is -2.35. The van der Waals surface area contributed by atoms with Crippen LogP contribution in [0.4, 0.5) is 5.69 Å². The Morgan fingerprint density at radius 2 is 1.71 bits per heavy atom. The first-order valence-electron chi connectivity index (χ1n) is 12.2. The van der Waals surface area contributed by atoms with Gasteiger partial charge in [-0.1, -0.05) is 0 Å². The van der Waals surface area contributed by atoms with Gasteiger partial charge in [-0.2, -0.15) is 0 Å². The van der Waals surface area contributed by atoms with Crippen molar-refractivity contribution >= 4 is 28.3 Å². The van der Waals surface area contributed by atoms with E-state index in [1.54, 1.807) is 0 Å². The summed E-state index contributed by atoms with van der Waals surface area (Å²) >= 11 is 2.39. The molecule has 0 bridgehead atoms. The van der Waals surface area contributed by atoms with Crippen molar-refractivity contribution in [2.45, 2.75) is 39.2 Å². The van der Waals surface area contributed by atoms with Gasteiger partial charge in [0.1, 0.15) is 5.69 Å². The van der Waals surface area contributed by atoms with Gasteiger partial charge in [-0.05, 0) is 96.5 Å². The molecule has 3 aromatic rings. The van der Waals surface area contributed by atoms with Crippen molar-refractivity contribution in [2.75, 3.05) is 44.3 Å². The van der Waals surface area contributed by atoms with Gasteiger partial charge in [-0.3, -0.25) is 4.90 Å². The minimum atomic E-state index is 0.474. The van der Waals surface area contributed by atoms with Crippen molar-refractivity contribution in [1.29, 1.82) is 0 Å². The molecule has 3 aliphatic rings. The SMILES string of the molecule is Cc1cc(CN2CCOCC2)nc(-c2nnc(-c3ccc(I)cc3N3CCC4(CC3)CC4)o2)c1. The van der Waals surface area contributed by atoms with Crippen LogP contribution < -0.4 is 4.90 Å². The number of aryl methyl sites for hydroxylation is 1. The molecule has 7 nitrogen and oxygen atoms in total. The number of piperidine rings is 1. The van der Waals surface area contributed by atoms with Gasteiger partial charge in [-0.25, -0.2) is 4.98 Å². The maximum absolute atomic E-state index is 6.23. The third kappa shape index (κ3) is 4.72. The molecular formula is C26H30IN5O2. The number of hydrogen-bond donors (Lipinski definition) is 0. The molecule has 178 valence electrons. The molecule has 0 N–H and O–H groups in total. The molecule has 4 heterocycles. The highest BCUT2D eigenvalue weighted by molar-refractivity contribution is 14.1. The molecule has 34 heavy (non-hydrogen) atoms. The summed E-state index contributed by atoms with van der Waals surface area (Å²) in [7, 11) is 0. The first-order valence-corrected chi connectivity index (χ1v) is 13.3. The van der Waals surface area contributed by atoms with Crippen molar-refractivity contribution in [1.82, 2.24) is 20.1 Å². The first kappa shape index (κ1) is 22.4. The monoisotopic (exact) mass is 571 g/mol. The molecule has 2 saturated heterocycles. The molecule has 1 aliphatic carbocycles. The van der Waals surface area contributed by atoms with Gasteiger partial charge in [0.25, 0.3) is 5.89 Å². The summed E-state index contributed by atoms with van der Waals surface area (Å²) in [6.45, 7) is 8.51. The van der Waals surface area contributed by atoms with E-state index in [4.69, 9.17) is 14.1 Å². The summed E-state index contributed by atoms with van der Waals surface area (Å²) in [6.07, 6.45) is 5.38. The van der Waals surface area contributed by atoms with Crippen LogP contribution in [0.15, 0.2) is 34.7 Å². The van der Waals surface area contributed by atoms with Crippen LogP contribution in [0.5, 0.6) is 0 Å². The average molecular weight is 571 g/mol. The Morgan fingerprint density at radius 1 is 0.941 bits per heavy atom. The first-order chi connectivity index (χ1) is 16.6. The van der Waals surface area contributed by atoms with E-state index >= 15 is 0 Å². The lowest BCUT2D eigenvalue weighted by molar-refractivity contribution is 0.0336. The van der Waals surface area contributed by atoms with Crippen molar-refractivity contribution in [3.63, 3.8) is 0 Å². The molecular weight excluding hydrogens is 541 g/mol. The molecule has 0 radical (unpaired) electrons. The second kappa shape index (κ2) is 9.20. The molecule has 2 aromatic heterocycles. The number of morpholine rings is 1. The van der Waals surface area contributed by atoms with Gasteiger partial charge in [0.2, 0.25) is 5.89 Å². The van der Waals surface area contributed by atoms with E-state index < -0.39 is 0 Å². The maximum atomic E-state index is 6.23. The van der Waals surface area contributed by atoms with Gasteiger partial charge in [0.05, 0.1) is 30.2 Å². The zero-order chi connectivity index (χ0) is 23.1. The fourth-order valence-corrected chi connectivity index (χ4v) is 5.67. The van der Waals surface area contributed by atoms with E-state index in [1.165, 1.54) is 34.9 Å². The standard InChI is InChI=1S/C26H30IN5O2/c1-18-14-20(17-31-10-12-33-13-11-31)28-22(15-18)25-30-29-24(34-25)21-3-2-19(27)16-23(21)32-8-6-26(4-5-26)7-9-32/h2-3,14-16H,4-13,17H2,1H3. The van der Waals surface area contributed by atoms with Gasteiger partial charge in [-0.15, -0.1) is 10.2 Å². The van der Waals surface area contributed by atoms with E-state index in [-0.39, 0.29) is 0 Å². The normalized spacial score (nSPS) is 20.1. The van der Waals surface area contributed by atoms with Crippen molar-refractivity contribution in [3.8, 4) is 23.0 Å². The van der Waals surface area contributed by atoms with Crippen molar-refractivity contribution in [2.24, 2.45) is 5.41 Å². The molecule has 3 fully saturated rings. The number of benzene rings is 1. The smallest absolute Gasteiger partial charge is 0.266 e. The number of ether oxygens (including phenoxy) is 1. The summed E-state index contributed by atoms with van der Waals surface area (Å²) in [5.74, 6) is 1.04. The Balaban J connectivity index is 1.26. The number of pyridine rings is 1. The van der Waals surface area contributed by atoms with Gasteiger partial charge < -0.3 is 14.1 Å². The fourth-order valence-electron chi connectivity index (χ4n) is 5.20. The largest absolute Gasteiger partial charge is 0.415 e. The topological polar surface area (TPSA) is 67.5 Å². The van der Waals surface area contributed by atoms with E-state index in [2.05, 4.69) is 73.8 Å². The molecule has 1 aromatic carbocycles. The summed E-state index contributed by atoms with van der Waals surface area (Å²) in [5.41, 5.74) is 5.75. The Labute approximate surface area is 214 Å². The fraction of sp³-hybridized carbons (Fsp3) is 0.500. The minimum Gasteiger partial charge on any atom is -0.415 e. The van der Waals surface area contributed by atoms with E-state index in [0.717, 1.165) is 68.5 Å². The predicted octanol–water partition coefficient (Wildman–Crippen LogP) is 4.92. The quantitative estimate of drug-likeness (QED) is 0.403. The van der Waals surface area contributed by atoms with Gasteiger partial charge >= 0.3 is 0 Å². The zero-order valence-electron chi connectivity index (χ0n) is 19.6. The summed E-state index contributed by atoms with van der Waals surface area (Å²) < 4.78 is 12.9. The van der Waals surface area contributed by atoms with Gasteiger partial charge in [0.15, 0.2) is 0 Å². The number of halogens is 1. The van der Waals surface area contributed by atoms with E-state index in [0.29, 0.717) is 17.2 Å². The Morgan fingerprint density at radius 3 is 2.47 bits per heavy atom. The molecule has 6 rings (SSSR count). The third-order valence-electron chi connectivity index (χ3n) is 7.47. The summed E-state index contributed by atoms with van der Waals surface area (Å²) in [4.78, 5) is 9.73.